The monoisotopic (exact) mass is 395 g/mol. The Morgan fingerprint density at radius 1 is 0.933 bits per heavy atom. The molecule has 148 valence electrons. The first-order valence-corrected chi connectivity index (χ1v) is 9.91. The summed E-state index contributed by atoms with van der Waals surface area (Å²) in [5, 5.41) is 16.3. The fraction of sp³-hybridized carbons (Fsp3) is 0.120. The van der Waals surface area contributed by atoms with Crippen LogP contribution in [0.15, 0.2) is 79.0 Å². The lowest BCUT2D eigenvalue weighted by Crippen LogP contribution is -2.31. The zero-order valence-corrected chi connectivity index (χ0v) is 16.5. The molecule has 5 rings (SSSR count). The zero-order valence-electron chi connectivity index (χ0n) is 16.5. The van der Waals surface area contributed by atoms with Crippen molar-refractivity contribution < 1.29 is 9.90 Å². The van der Waals surface area contributed by atoms with Gasteiger partial charge in [-0.05, 0) is 23.8 Å². The number of pyridine rings is 1. The third-order valence-electron chi connectivity index (χ3n) is 5.61. The first-order valence-electron chi connectivity index (χ1n) is 9.91. The minimum Gasteiger partial charge on any atom is -0.480 e. The topological polar surface area (TPSA) is 67.2 Å². The third-order valence-corrected chi connectivity index (χ3v) is 5.61. The molecule has 0 amide bonds. The second kappa shape index (κ2) is 7.19. The normalized spacial score (nSPS) is 12.4. The van der Waals surface area contributed by atoms with Gasteiger partial charge in [-0.15, -0.1) is 0 Å². The van der Waals surface area contributed by atoms with Crippen molar-refractivity contribution in [2.45, 2.75) is 12.5 Å². The van der Waals surface area contributed by atoms with Crippen LogP contribution in [0.2, 0.25) is 0 Å². The molecule has 1 atom stereocenters. The fourth-order valence-electron chi connectivity index (χ4n) is 4.18. The molecule has 0 radical (unpaired) electrons. The molecular formula is C25H21N3O2. The van der Waals surface area contributed by atoms with Gasteiger partial charge in [0.25, 0.3) is 0 Å². The van der Waals surface area contributed by atoms with Crippen LogP contribution in [-0.2, 0) is 18.3 Å². The summed E-state index contributed by atoms with van der Waals surface area (Å²) in [4.78, 5) is 17.0. The van der Waals surface area contributed by atoms with Crippen LogP contribution < -0.4 is 5.32 Å². The number of nitrogens with zero attached hydrogens (tertiary/aromatic N) is 2. The van der Waals surface area contributed by atoms with E-state index in [9.17, 15) is 9.90 Å². The number of nitrogens with one attached hydrogen (secondary N) is 1. The number of aromatic nitrogens is 2. The number of hydrogen-bond donors (Lipinski definition) is 2. The van der Waals surface area contributed by atoms with Gasteiger partial charge < -0.3 is 15.0 Å². The van der Waals surface area contributed by atoms with E-state index in [1.807, 2.05) is 90.6 Å². The molecule has 3 aromatic carbocycles. The van der Waals surface area contributed by atoms with E-state index < -0.39 is 12.0 Å². The molecule has 0 saturated heterocycles. The number of anilines is 1. The van der Waals surface area contributed by atoms with E-state index in [0.717, 1.165) is 44.0 Å². The predicted octanol–water partition coefficient (Wildman–Crippen LogP) is 4.99. The van der Waals surface area contributed by atoms with Gasteiger partial charge in [-0.2, -0.15) is 0 Å². The lowest BCUT2D eigenvalue weighted by molar-refractivity contribution is -0.137. The Morgan fingerprint density at radius 3 is 2.13 bits per heavy atom. The van der Waals surface area contributed by atoms with Gasteiger partial charge >= 0.3 is 5.97 Å². The van der Waals surface area contributed by atoms with Crippen molar-refractivity contribution >= 4 is 44.4 Å². The molecule has 0 aliphatic carbocycles. The van der Waals surface area contributed by atoms with Gasteiger partial charge in [0.15, 0.2) is 0 Å². The Kier molecular flexibility index (Phi) is 4.36. The lowest BCUT2D eigenvalue weighted by atomic mass is 10.0. The molecule has 5 nitrogen and oxygen atoms in total. The van der Waals surface area contributed by atoms with Gasteiger partial charge in [0.1, 0.15) is 6.04 Å². The number of para-hydroxylation sites is 3. The van der Waals surface area contributed by atoms with Crippen LogP contribution in [-0.4, -0.2) is 26.7 Å². The van der Waals surface area contributed by atoms with E-state index in [1.54, 1.807) is 0 Å². The van der Waals surface area contributed by atoms with Crippen LogP contribution in [0, 0.1) is 0 Å². The molecular weight excluding hydrogens is 374 g/mol. The van der Waals surface area contributed by atoms with Crippen molar-refractivity contribution in [3.63, 3.8) is 0 Å². The Labute approximate surface area is 173 Å². The average molecular weight is 395 g/mol. The van der Waals surface area contributed by atoms with Crippen molar-refractivity contribution in [3.8, 4) is 0 Å². The zero-order chi connectivity index (χ0) is 20.7. The largest absolute Gasteiger partial charge is 0.480 e. The van der Waals surface area contributed by atoms with Crippen LogP contribution in [0.3, 0.4) is 0 Å². The predicted molar refractivity (Wildman–Crippen MR) is 121 cm³/mol. The third kappa shape index (κ3) is 3.05. The Balaban J connectivity index is 1.61. The average Bonchev–Trinajstić information content (AvgIpc) is 3.08. The van der Waals surface area contributed by atoms with Crippen LogP contribution in [0.1, 0.15) is 5.56 Å². The number of carboxylic acids is 1. The second-order valence-corrected chi connectivity index (χ2v) is 7.54. The number of carboxylic acid groups (broad SMARTS) is 1. The number of aliphatic carboxylic acids is 1. The van der Waals surface area contributed by atoms with Crippen molar-refractivity contribution in [2.24, 2.45) is 7.05 Å². The number of rotatable bonds is 5. The number of carbonyl (C=O) groups is 1. The molecule has 0 saturated carbocycles. The summed E-state index contributed by atoms with van der Waals surface area (Å²) in [5.41, 5.74) is 4.59. The fourth-order valence-corrected chi connectivity index (χ4v) is 4.18. The molecule has 30 heavy (non-hydrogen) atoms. The molecule has 5 aromatic rings. The van der Waals surface area contributed by atoms with Gasteiger partial charge in [-0.1, -0.05) is 54.6 Å². The minimum absolute atomic E-state index is 0.377. The van der Waals surface area contributed by atoms with Crippen molar-refractivity contribution in [3.05, 3.63) is 84.6 Å². The van der Waals surface area contributed by atoms with Gasteiger partial charge in [0, 0.05) is 41.3 Å². The van der Waals surface area contributed by atoms with Crippen molar-refractivity contribution in [1.29, 1.82) is 0 Å². The summed E-state index contributed by atoms with van der Waals surface area (Å²) in [7, 11) is 1.99. The smallest absolute Gasteiger partial charge is 0.326 e. The summed E-state index contributed by atoms with van der Waals surface area (Å²) in [6, 6.07) is 22.9. The molecule has 0 fully saturated rings. The summed E-state index contributed by atoms with van der Waals surface area (Å²) >= 11 is 0. The SMILES string of the molecule is Cn1cc(C[C@H](Nc2c3ccccc3nc3ccccc23)C(=O)O)c2ccccc21. The Morgan fingerprint density at radius 2 is 1.50 bits per heavy atom. The molecule has 0 aliphatic heterocycles. The maximum absolute atomic E-state index is 12.2. The van der Waals surface area contributed by atoms with E-state index in [4.69, 9.17) is 4.98 Å². The highest BCUT2D eigenvalue weighted by molar-refractivity contribution is 6.08. The summed E-state index contributed by atoms with van der Waals surface area (Å²) in [6.07, 6.45) is 2.40. The van der Waals surface area contributed by atoms with Gasteiger partial charge in [-0.3, -0.25) is 0 Å². The van der Waals surface area contributed by atoms with E-state index in [0.29, 0.717) is 6.42 Å². The van der Waals surface area contributed by atoms with E-state index >= 15 is 0 Å². The Bertz CT molecular complexity index is 1350. The van der Waals surface area contributed by atoms with Crippen LogP contribution in [0.4, 0.5) is 5.69 Å². The second-order valence-electron chi connectivity index (χ2n) is 7.54. The summed E-state index contributed by atoms with van der Waals surface area (Å²) in [6.45, 7) is 0. The molecule has 0 aliphatic rings. The number of fused-ring (bicyclic) bond motifs is 3. The van der Waals surface area contributed by atoms with Crippen molar-refractivity contribution in [1.82, 2.24) is 9.55 Å². The quantitative estimate of drug-likeness (QED) is 0.412. The van der Waals surface area contributed by atoms with Crippen LogP contribution in [0.5, 0.6) is 0 Å². The number of aryl methyl sites for hydroxylation is 1. The molecule has 2 aromatic heterocycles. The maximum Gasteiger partial charge on any atom is 0.326 e. The first-order chi connectivity index (χ1) is 14.6. The molecule has 0 bridgehead atoms. The molecule has 2 heterocycles. The molecule has 0 unspecified atom stereocenters. The molecule has 0 spiro atoms. The number of benzene rings is 3. The van der Waals surface area contributed by atoms with E-state index in [-0.39, 0.29) is 0 Å². The highest BCUT2D eigenvalue weighted by Gasteiger charge is 2.22. The lowest BCUT2D eigenvalue weighted by Gasteiger charge is -2.19. The van der Waals surface area contributed by atoms with Crippen LogP contribution in [0.25, 0.3) is 32.7 Å². The highest BCUT2D eigenvalue weighted by atomic mass is 16.4. The summed E-state index contributed by atoms with van der Waals surface area (Å²) in [5.74, 6) is -0.882. The highest BCUT2D eigenvalue weighted by Crippen LogP contribution is 2.32. The van der Waals surface area contributed by atoms with Crippen molar-refractivity contribution in [2.75, 3.05) is 5.32 Å². The van der Waals surface area contributed by atoms with E-state index in [1.165, 1.54) is 0 Å². The standard InChI is InChI=1S/C25H21N3O2/c1-28-15-16(17-8-4-7-13-23(17)28)14-22(25(29)30)27-24-18-9-2-5-11-20(18)26-21-12-6-3-10-19(21)24/h2-13,15,22H,14H2,1H3,(H,26,27)(H,29,30)/t22-/m0/s1. The summed E-state index contributed by atoms with van der Waals surface area (Å²) < 4.78 is 2.04. The molecule has 5 heteroatoms. The van der Waals surface area contributed by atoms with E-state index in [2.05, 4.69) is 5.32 Å². The first kappa shape index (κ1) is 18.2. The van der Waals surface area contributed by atoms with Gasteiger partial charge in [0.2, 0.25) is 0 Å². The maximum atomic E-state index is 12.2. The Hall–Kier alpha value is -3.86. The molecule has 2 N–H and O–H groups in total. The number of hydrogen-bond acceptors (Lipinski definition) is 3. The van der Waals surface area contributed by atoms with Gasteiger partial charge in [0.05, 0.1) is 16.7 Å². The van der Waals surface area contributed by atoms with Crippen LogP contribution >= 0.6 is 0 Å². The minimum atomic E-state index is -0.882. The van der Waals surface area contributed by atoms with Gasteiger partial charge in [-0.25, -0.2) is 9.78 Å².